The zero-order valence-electron chi connectivity index (χ0n) is 21.7. The third-order valence-corrected chi connectivity index (χ3v) is 7.31. The normalized spacial score (nSPS) is 20.8. The zero-order chi connectivity index (χ0) is 28.7. The molecule has 40 heavy (non-hydrogen) atoms. The average molecular weight is 569 g/mol. The van der Waals surface area contributed by atoms with Crippen molar-refractivity contribution in [2.24, 2.45) is 5.92 Å². The van der Waals surface area contributed by atoms with Gasteiger partial charge in [0.15, 0.2) is 11.3 Å². The highest BCUT2D eigenvalue weighted by Gasteiger charge is 2.43. The van der Waals surface area contributed by atoms with Crippen molar-refractivity contribution in [2.45, 2.75) is 56.5 Å². The lowest BCUT2D eigenvalue weighted by Crippen LogP contribution is -2.58. The quantitative estimate of drug-likeness (QED) is 0.396. The van der Waals surface area contributed by atoms with E-state index in [1.165, 1.54) is 17.8 Å². The minimum absolute atomic E-state index is 0.0330. The van der Waals surface area contributed by atoms with Crippen LogP contribution in [0.3, 0.4) is 0 Å². The van der Waals surface area contributed by atoms with Gasteiger partial charge in [-0.2, -0.15) is 5.10 Å². The van der Waals surface area contributed by atoms with Crippen molar-refractivity contribution in [3.8, 4) is 0 Å². The average Bonchev–Trinajstić information content (AvgIpc) is 3.53. The smallest absolute Gasteiger partial charge is 0.318 e. The van der Waals surface area contributed by atoms with Crippen LogP contribution in [0.25, 0.3) is 5.65 Å². The number of amides is 3. The van der Waals surface area contributed by atoms with Gasteiger partial charge < -0.3 is 20.3 Å². The third-order valence-electron chi connectivity index (χ3n) is 7.31. The summed E-state index contributed by atoms with van der Waals surface area (Å²) in [4.78, 5) is 31.0. The number of hydrogen-bond acceptors (Lipinski definition) is 8. The van der Waals surface area contributed by atoms with Gasteiger partial charge in [-0.25, -0.2) is 36.5 Å². The maximum Gasteiger partial charge on any atom is 0.318 e. The fourth-order valence-electron chi connectivity index (χ4n) is 5.18. The summed E-state index contributed by atoms with van der Waals surface area (Å²) in [6.45, 7) is -0.0800. The molecule has 12 nitrogen and oxygen atoms in total. The van der Waals surface area contributed by atoms with Crippen LogP contribution < -0.4 is 10.6 Å². The molecule has 3 aromatic rings. The Morgan fingerprint density at radius 2 is 2.00 bits per heavy atom. The number of rotatable bonds is 8. The van der Waals surface area contributed by atoms with Crippen molar-refractivity contribution < 1.29 is 36.5 Å². The highest BCUT2D eigenvalue weighted by Crippen LogP contribution is 2.41. The molecule has 1 aliphatic heterocycles. The Kier molecular flexibility index (Phi) is 7.37. The van der Waals surface area contributed by atoms with Crippen molar-refractivity contribution in [1.29, 1.82) is 0 Å². The molecule has 2 fully saturated rings. The molecule has 3 aromatic heterocycles. The van der Waals surface area contributed by atoms with Crippen LogP contribution in [0, 0.1) is 12.8 Å². The second-order valence-corrected chi connectivity index (χ2v) is 10.2. The molecule has 4 heterocycles. The predicted molar refractivity (Wildman–Crippen MR) is 129 cm³/mol. The molecular weight excluding hydrogens is 540 g/mol. The molecular formula is C24H28F4N8O4. The van der Waals surface area contributed by atoms with E-state index in [0.717, 1.165) is 4.90 Å². The first-order valence-corrected chi connectivity index (χ1v) is 12.7. The number of nitrogens with zero attached hydrogens (tertiary/aromatic N) is 6. The summed E-state index contributed by atoms with van der Waals surface area (Å²) in [5.41, 5.74) is 1.31. The van der Waals surface area contributed by atoms with E-state index in [0.29, 0.717) is 16.9 Å². The molecule has 0 spiro atoms. The number of aryl methyl sites for hydroxylation is 1. The van der Waals surface area contributed by atoms with Crippen molar-refractivity contribution in [3.63, 3.8) is 0 Å². The molecule has 16 heteroatoms. The Labute approximate surface area is 225 Å². The fraction of sp³-hybridized carbons (Fsp3) is 0.583. The first kappa shape index (κ1) is 27.7. The van der Waals surface area contributed by atoms with E-state index < -0.39 is 49.0 Å². The van der Waals surface area contributed by atoms with Crippen LogP contribution in [0.4, 0.5) is 22.4 Å². The summed E-state index contributed by atoms with van der Waals surface area (Å²) in [6.07, 6.45) is 2.62. The van der Waals surface area contributed by atoms with Gasteiger partial charge in [0, 0.05) is 25.5 Å². The summed E-state index contributed by atoms with van der Waals surface area (Å²) in [7, 11) is 1.39. The predicted octanol–water partition coefficient (Wildman–Crippen LogP) is 3.07. The lowest BCUT2D eigenvalue weighted by molar-refractivity contribution is -0.0510. The SMILES string of the molecule is COC[C@H](c1cnn2cc([C@@H](NC(=O)c3nonc3C)C3CCC(F)(F)CC3)nc2c1)N1CC(F)(F)CNC1=O. The summed E-state index contributed by atoms with van der Waals surface area (Å²) < 4.78 is 67.4. The number of hydrogen-bond donors (Lipinski definition) is 2. The number of carbonyl (C=O) groups is 2. The first-order valence-electron chi connectivity index (χ1n) is 12.7. The number of ether oxygens (including phenoxy) is 1. The maximum atomic E-state index is 14.1. The Balaban J connectivity index is 1.46. The summed E-state index contributed by atoms with van der Waals surface area (Å²) in [5.74, 6) is -6.85. The highest BCUT2D eigenvalue weighted by atomic mass is 19.3. The van der Waals surface area contributed by atoms with Crippen LogP contribution in [-0.4, -0.2) is 80.4 Å². The zero-order valence-corrected chi connectivity index (χ0v) is 21.7. The largest absolute Gasteiger partial charge is 0.382 e. The van der Waals surface area contributed by atoms with Crippen LogP contribution in [-0.2, 0) is 4.74 Å². The summed E-state index contributed by atoms with van der Waals surface area (Å²) in [5, 5.41) is 16.6. The molecule has 2 atom stereocenters. The van der Waals surface area contributed by atoms with E-state index in [1.54, 1.807) is 19.2 Å². The Bertz CT molecular complexity index is 1390. The van der Waals surface area contributed by atoms with Gasteiger partial charge in [0.05, 0.1) is 49.9 Å². The number of alkyl halides is 4. The molecule has 2 aliphatic rings. The van der Waals surface area contributed by atoms with Crippen molar-refractivity contribution in [1.82, 2.24) is 40.4 Å². The van der Waals surface area contributed by atoms with Crippen molar-refractivity contribution in [3.05, 3.63) is 41.1 Å². The molecule has 0 unspecified atom stereocenters. The van der Waals surface area contributed by atoms with Gasteiger partial charge in [0.1, 0.15) is 5.69 Å². The molecule has 1 saturated carbocycles. The van der Waals surface area contributed by atoms with Crippen LogP contribution >= 0.6 is 0 Å². The maximum absolute atomic E-state index is 14.1. The molecule has 0 aromatic carbocycles. The standard InChI is InChI=1S/C24H28F4N8O4/c1-13-19(34-40-33-13)21(37)32-20(14-3-5-23(25,26)6-4-14)16-9-36-18(31-16)7-15(8-30-36)17(10-39-2)35-12-24(27,28)11-29-22(35)38/h7-9,14,17,20H,3-6,10-12H2,1-2H3,(H,29,38)(H,32,37)/t17-,20+/m1/s1. The van der Waals surface area contributed by atoms with Gasteiger partial charge in [-0.15, -0.1) is 0 Å². The Morgan fingerprint density at radius 3 is 2.67 bits per heavy atom. The van der Waals surface area contributed by atoms with E-state index in [4.69, 9.17) is 4.74 Å². The van der Waals surface area contributed by atoms with Crippen molar-refractivity contribution in [2.75, 3.05) is 26.8 Å². The van der Waals surface area contributed by atoms with E-state index in [-0.39, 0.29) is 49.6 Å². The number of imidazole rings is 1. The molecule has 0 radical (unpaired) electrons. The van der Waals surface area contributed by atoms with Gasteiger partial charge in [-0.05, 0) is 36.9 Å². The monoisotopic (exact) mass is 568 g/mol. The van der Waals surface area contributed by atoms with E-state index in [9.17, 15) is 27.2 Å². The molecule has 5 rings (SSSR count). The third kappa shape index (κ3) is 5.71. The fourth-order valence-corrected chi connectivity index (χ4v) is 5.18. The second kappa shape index (κ2) is 10.6. The number of carbonyl (C=O) groups excluding carboxylic acids is 2. The Hall–Kier alpha value is -3.82. The molecule has 2 N–H and O–H groups in total. The Morgan fingerprint density at radius 1 is 1.25 bits per heavy atom. The lowest BCUT2D eigenvalue weighted by atomic mass is 9.81. The lowest BCUT2D eigenvalue weighted by Gasteiger charge is -2.38. The number of halogens is 4. The van der Waals surface area contributed by atoms with Crippen LogP contribution in [0.5, 0.6) is 0 Å². The van der Waals surface area contributed by atoms with Crippen LogP contribution in [0.15, 0.2) is 23.1 Å². The molecule has 0 bridgehead atoms. The number of fused-ring (bicyclic) bond motifs is 1. The second-order valence-electron chi connectivity index (χ2n) is 10.2. The number of nitrogens with one attached hydrogen (secondary N) is 2. The van der Waals surface area contributed by atoms with E-state index in [2.05, 4.69) is 35.7 Å². The van der Waals surface area contributed by atoms with Gasteiger partial charge in [0.2, 0.25) is 5.92 Å². The van der Waals surface area contributed by atoms with Gasteiger partial charge in [-0.1, -0.05) is 5.16 Å². The number of methoxy groups -OCH3 is 1. The van der Waals surface area contributed by atoms with E-state index in [1.807, 2.05) is 0 Å². The molecule has 3 amide bonds. The van der Waals surface area contributed by atoms with Crippen LogP contribution in [0.2, 0.25) is 0 Å². The number of aromatic nitrogens is 5. The molecule has 1 saturated heterocycles. The van der Waals surface area contributed by atoms with Gasteiger partial charge in [0.25, 0.3) is 11.8 Å². The molecule has 216 valence electrons. The van der Waals surface area contributed by atoms with Crippen molar-refractivity contribution >= 4 is 17.6 Å². The van der Waals surface area contributed by atoms with E-state index >= 15 is 0 Å². The highest BCUT2D eigenvalue weighted by molar-refractivity contribution is 5.93. The first-order chi connectivity index (χ1) is 19.0. The minimum Gasteiger partial charge on any atom is -0.382 e. The topological polar surface area (TPSA) is 140 Å². The van der Waals surface area contributed by atoms with Gasteiger partial charge >= 0.3 is 6.03 Å². The number of urea groups is 1. The van der Waals surface area contributed by atoms with Crippen LogP contribution in [0.1, 0.15) is 65.2 Å². The minimum atomic E-state index is -3.13. The summed E-state index contributed by atoms with van der Waals surface area (Å²) in [6, 6.07) is -0.718. The molecule has 1 aliphatic carbocycles. The summed E-state index contributed by atoms with van der Waals surface area (Å²) >= 11 is 0. The van der Waals surface area contributed by atoms with Gasteiger partial charge in [-0.3, -0.25) is 4.79 Å².